The van der Waals surface area contributed by atoms with Crippen LogP contribution in [0.4, 0.5) is 0 Å². The zero-order chi connectivity index (χ0) is 17.2. The quantitative estimate of drug-likeness (QED) is 0.341. The summed E-state index contributed by atoms with van der Waals surface area (Å²) < 4.78 is 0. The van der Waals surface area contributed by atoms with E-state index in [0.29, 0.717) is 12.8 Å². The lowest BCUT2D eigenvalue weighted by Gasteiger charge is -2.13. The highest BCUT2D eigenvalue weighted by Gasteiger charge is 2.22. The largest absolute Gasteiger partial charge is 0.481 e. The first-order valence-corrected chi connectivity index (χ1v) is 7.19. The molecule has 4 amide bonds. The number of carboxylic acid groups (broad SMARTS) is 1. The summed E-state index contributed by atoms with van der Waals surface area (Å²) in [4.78, 5) is 56.8. The second-order valence-corrected chi connectivity index (χ2v) is 4.89. The van der Waals surface area contributed by atoms with Crippen LogP contribution < -0.4 is 10.6 Å². The van der Waals surface area contributed by atoms with Gasteiger partial charge in [0.1, 0.15) is 0 Å². The zero-order valence-electron chi connectivity index (χ0n) is 12.5. The smallest absolute Gasteiger partial charge is 0.303 e. The van der Waals surface area contributed by atoms with E-state index in [0.717, 1.165) is 4.90 Å². The summed E-state index contributed by atoms with van der Waals surface area (Å²) in [5.74, 6) is -2.49. The third-order valence-electron chi connectivity index (χ3n) is 3.02. The number of nitrogens with zero attached hydrogens (tertiary/aromatic N) is 1. The van der Waals surface area contributed by atoms with Gasteiger partial charge in [-0.1, -0.05) is 0 Å². The van der Waals surface area contributed by atoms with Gasteiger partial charge in [-0.2, -0.15) is 0 Å². The molecule has 0 fully saturated rings. The van der Waals surface area contributed by atoms with Crippen LogP contribution in [-0.4, -0.2) is 59.2 Å². The van der Waals surface area contributed by atoms with E-state index in [9.17, 15) is 24.0 Å². The minimum absolute atomic E-state index is 0.0323. The molecule has 0 atom stereocenters. The summed E-state index contributed by atoms with van der Waals surface area (Å²) in [6.45, 7) is 0.182. The first-order chi connectivity index (χ1) is 10.9. The van der Waals surface area contributed by atoms with E-state index in [1.54, 1.807) is 0 Å². The van der Waals surface area contributed by atoms with Crippen molar-refractivity contribution in [2.45, 2.75) is 25.7 Å². The molecule has 23 heavy (non-hydrogen) atoms. The average Bonchev–Trinajstić information content (AvgIpc) is 2.81. The van der Waals surface area contributed by atoms with E-state index < -0.39 is 23.7 Å². The summed E-state index contributed by atoms with van der Waals surface area (Å²) in [5, 5.41) is 13.3. The van der Waals surface area contributed by atoms with Gasteiger partial charge in [-0.05, 0) is 12.8 Å². The minimum Gasteiger partial charge on any atom is -0.481 e. The lowest BCUT2D eigenvalue weighted by molar-refractivity contribution is -0.138. The maximum Gasteiger partial charge on any atom is 0.303 e. The van der Waals surface area contributed by atoms with Crippen LogP contribution in [0.5, 0.6) is 0 Å². The maximum absolute atomic E-state index is 11.5. The fourth-order valence-electron chi connectivity index (χ4n) is 1.85. The lowest BCUT2D eigenvalue weighted by atomic mass is 10.2. The SMILES string of the molecule is O=C(O)CCCNC(=O)CNC(=O)CCCN1C(=O)C=CC1=O. The van der Waals surface area contributed by atoms with E-state index in [1.807, 2.05) is 0 Å². The number of hydrogen-bond donors (Lipinski definition) is 3. The predicted molar refractivity (Wildman–Crippen MR) is 78.0 cm³/mol. The molecule has 1 aliphatic rings. The maximum atomic E-state index is 11.5. The Morgan fingerprint density at radius 1 is 0.957 bits per heavy atom. The minimum atomic E-state index is -0.933. The van der Waals surface area contributed by atoms with Crippen LogP contribution in [0, 0.1) is 0 Å². The van der Waals surface area contributed by atoms with Gasteiger partial charge in [0.25, 0.3) is 11.8 Å². The number of carbonyl (C=O) groups excluding carboxylic acids is 4. The van der Waals surface area contributed by atoms with Crippen molar-refractivity contribution in [2.75, 3.05) is 19.6 Å². The van der Waals surface area contributed by atoms with E-state index in [1.165, 1.54) is 12.2 Å². The lowest BCUT2D eigenvalue weighted by Crippen LogP contribution is -2.37. The van der Waals surface area contributed by atoms with Gasteiger partial charge in [0.2, 0.25) is 11.8 Å². The Bertz CT molecular complexity index is 511. The zero-order valence-corrected chi connectivity index (χ0v) is 12.5. The molecule has 0 saturated carbocycles. The summed E-state index contributed by atoms with van der Waals surface area (Å²) in [5.41, 5.74) is 0. The molecule has 3 N–H and O–H groups in total. The summed E-state index contributed by atoms with van der Waals surface area (Å²) >= 11 is 0. The van der Waals surface area contributed by atoms with Crippen molar-refractivity contribution in [3.8, 4) is 0 Å². The monoisotopic (exact) mass is 325 g/mol. The van der Waals surface area contributed by atoms with Crippen molar-refractivity contribution < 1.29 is 29.1 Å². The topological polar surface area (TPSA) is 133 Å². The third kappa shape index (κ3) is 7.21. The molecule has 0 aliphatic carbocycles. The van der Waals surface area contributed by atoms with Crippen LogP contribution in [-0.2, 0) is 24.0 Å². The molecule has 0 radical (unpaired) electrons. The van der Waals surface area contributed by atoms with Crippen LogP contribution in [0.2, 0.25) is 0 Å². The number of carboxylic acids is 1. The molecule has 1 heterocycles. The van der Waals surface area contributed by atoms with E-state index in [-0.39, 0.29) is 38.4 Å². The van der Waals surface area contributed by atoms with Crippen LogP contribution in [0.1, 0.15) is 25.7 Å². The molecule has 0 saturated heterocycles. The highest BCUT2D eigenvalue weighted by Crippen LogP contribution is 2.05. The van der Waals surface area contributed by atoms with Gasteiger partial charge >= 0.3 is 5.97 Å². The molecule has 9 nitrogen and oxygen atoms in total. The number of rotatable bonds is 10. The molecular formula is C14H19N3O6. The highest BCUT2D eigenvalue weighted by atomic mass is 16.4. The number of hydrogen-bond acceptors (Lipinski definition) is 5. The predicted octanol–water partition coefficient (Wildman–Crippen LogP) is -1.21. The number of nitrogens with one attached hydrogen (secondary N) is 2. The van der Waals surface area contributed by atoms with Gasteiger partial charge in [0, 0.05) is 38.1 Å². The fourth-order valence-corrected chi connectivity index (χ4v) is 1.85. The van der Waals surface area contributed by atoms with Gasteiger partial charge < -0.3 is 15.7 Å². The Morgan fingerprint density at radius 3 is 2.22 bits per heavy atom. The van der Waals surface area contributed by atoms with Crippen molar-refractivity contribution >= 4 is 29.6 Å². The van der Waals surface area contributed by atoms with E-state index in [2.05, 4.69) is 10.6 Å². The molecule has 0 unspecified atom stereocenters. The average molecular weight is 325 g/mol. The molecule has 9 heteroatoms. The van der Waals surface area contributed by atoms with Gasteiger partial charge in [0.05, 0.1) is 6.54 Å². The molecule has 0 bridgehead atoms. The first-order valence-electron chi connectivity index (χ1n) is 7.19. The number of imide groups is 1. The Morgan fingerprint density at radius 2 is 1.61 bits per heavy atom. The molecule has 0 aromatic carbocycles. The Balaban J connectivity index is 2.08. The number of carbonyl (C=O) groups is 5. The Labute approximate surface area is 132 Å². The second-order valence-electron chi connectivity index (χ2n) is 4.89. The van der Waals surface area contributed by atoms with Crippen molar-refractivity contribution in [3.05, 3.63) is 12.2 Å². The van der Waals surface area contributed by atoms with E-state index in [4.69, 9.17) is 5.11 Å². The van der Waals surface area contributed by atoms with Crippen molar-refractivity contribution in [1.82, 2.24) is 15.5 Å². The van der Waals surface area contributed by atoms with Gasteiger partial charge in [0.15, 0.2) is 0 Å². The van der Waals surface area contributed by atoms with Gasteiger partial charge in [-0.25, -0.2) is 0 Å². The molecule has 1 rings (SSSR count). The van der Waals surface area contributed by atoms with Gasteiger partial charge in [-0.3, -0.25) is 28.9 Å². The van der Waals surface area contributed by atoms with Gasteiger partial charge in [-0.15, -0.1) is 0 Å². The summed E-state index contributed by atoms with van der Waals surface area (Å²) in [6.07, 6.45) is 3.04. The van der Waals surface area contributed by atoms with Crippen LogP contribution in [0.25, 0.3) is 0 Å². The van der Waals surface area contributed by atoms with Crippen LogP contribution in [0.3, 0.4) is 0 Å². The number of aliphatic carboxylic acids is 1. The normalized spacial score (nSPS) is 13.3. The highest BCUT2D eigenvalue weighted by molar-refractivity contribution is 6.12. The summed E-state index contributed by atoms with van der Waals surface area (Å²) in [7, 11) is 0. The standard InChI is InChI=1S/C14H19N3O6/c18-10(3-2-8-17-12(20)5-6-13(17)21)16-9-11(19)15-7-1-4-14(22)23/h5-6H,1-4,7-9H2,(H,15,19)(H,16,18)(H,22,23). The van der Waals surface area contributed by atoms with Crippen LogP contribution >= 0.6 is 0 Å². The number of amides is 4. The third-order valence-corrected chi connectivity index (χ3v) is 3.02. The van der Waals surface area contributed by atoms with E-state index >= 15 is 0 Å². The van der Waals surface area contributed by atoms with Crippen molar-refractivity contribution in [2.24, 2.45) is 0 Å². The Hall–Kier alpha value is -2.71. The fraction of sp³-hybridized carbons (Fsp3) is 0.500. The molecular weight excluding hydrogens is 306 g/mol. The molecule has 126 valence electrons. The Kier molecular flexibility index (Phi) is 7.44. The molecule has 0 aromatic heterocycles. The van der Waals surface area contributed by atoms with Crippen LogP contribution in [0.15, 0.2) is 12.2 Å². The van der Waals surface area contributed by atoms with Crippen molar-refractivity contribution in [3.63, 3.8) is 0 Å². The molecule has 1 aliphatic heterocycles. The first kappa shape index (κ1) is 18.3. The summed E-state index contributed by atoms with van der Waals surface area (Å²) in [6, 6.07) is 0. The van der Waals surface area contributed by atoms with Crippen molar-refractivity contribution in [1.29, 1.82) is 0 Å². The molecule has 0 aromatic rings. The second kappa shape index (κ2) is 9.34. The molecule has 0 spiro atoms.